The molecule has 3 aromatic carbocycles. The van der Waals surface area contributed by atoms with Crippen LogP contribution in [0, 0.1) is 0 Å². The lowest BCUT2D eigenvalue weighted by molar-refractivity contribution is 0.0699. The normalized spacial score (nSPS) is 11.7. The summed E-state index contributed by atoms with van der Waals surface area (Å²) >= 11 is 6.24. The lowest BCUT2D eigenvalue weighted by Crippen LogP contribution is -2.12. The van der Waals surface area contributed by atoms with Crippen LogP contribution in [-0.2, 0) is 10.0 Å². The Kier molecular flexibility index (Phi) is 4.05. The minimum atomic E-state index is -3.92. The molecule has 0 aliphatic rings. The van der Waals surface area contributed by atoms with Crippen LogP contribution in [0.5, 0.6) is 0 Å². The van der Waals surface area contributed by atoms with E-state index in [0.29, 0.717) is 26.6 Å². The monoisotopic (exact) mass is 401 g/mol. The molecule has 1 heterocycles. The number of carbonyl (C=O) groups is 1. The van der Waals surface area contributed by atoms with Crippen molar-refractivity contribution in [2.45, 2.75) is 4.90 Å². The third-order valence-electron chi connectivity index (χ3n) is 4.20. The molecule has 136 valence electrons. The Hall–Kier alpha value is -3.03. The fraction of sp³-hybridized carbons (Fsp3) is 0. The molecular formula is C19H12ClNO5S. The van der Waals surface area contributed by atoms with Crippen molar-refractivity contribution in [2.24, 2.45) is 0 Å². The van der Waals surface area contributed by atoms with Crippen molar-refractivity contribution < 1.29 is 22.7 Å². The second kappa shape index (κ2) is 6.29. The molecule has 0 atom stereocenters. The first-order valence-corrected chi connectivity index (χ1v) is 9.67. The van der Waals surface area contributed by atoms with Crippen LogP contribution in [0.1, 0.15) is 10.4 Å². The number of carboxylic acids is 1. The summed E-state index contributed by atoms with van der Waals surface area (Å²) in [5.74, 6) is -0.988. The maximum atomic E-state index is 12.8. The predicted octanol–water partition coefficient (Wildman–Crippen LogP) is 4.74. The third kappa shape index (κ3) is 3.01. The second-order valence-corrected chi connectivity index (χ2v) is 7.92. The SMILES string of the molecule is O=C(O)c1ccc(Cl)c2cc3c(S(=O)(=O)Nc4ccco4)cccc3cc12. The van der Waals surface area contributed by atoms with Gasteiger partial charge in [-0.3, -0.25) is 0 Å². The lowest BCUT2D eigenvalue weighted by atomic mass is 9.99. The fourth-order valence-electron chi connectivity index (χ4n) is 3.00. The van der Waals surface area contributed by atoms with Crippen molar-refractivity contribution in [3.8, 4) is 0 Å². The van der Waals surface area contributed by atoms with Crippen molar-refractivity contribution in [3.63, 3.8) is 0 Å². The Labute approximate surface area is 159 Å². The van der Waals surface area contributed by atoms with E-state index in [9.17, 15) is 18.3 Å². The van der Waals surface area contributed by atoms with Crippen molar-refractivity contribution >= 4 is 55.0 Å². The summed E-state index contributed by atoms with van der Waals surface area (Å²) in [6, 6.07) is 14.0. The maximum Gasteiger partial charge on any atom is 0.336 e. The van der Waals surface area contributed by atoms with Crippen LogP contribution < -0.4 is 4.72 Å². The van der Waals surface area contributed by atoms with Gasteiger partial charge in [-0.1, -0.05) is 23.7 Å². The van der Waals surface area contributed by atoms with Crippen molar-refractivity contribution in [1.82, 2.24) is 0 Å². The number of benzene rings is 3. The Morgan fingerprint density at radius 1 is 1.00 bits per heavy atom. The number of hydrogen-bond acceptors (Lipinski definition) is 4. The van der Waals surface area contributed by atoms with Crippen LogP contribution in [0.4, 0.5) is 5.88 Å². The number of nitrogens with one attached hydrogen (secondary N) is 1. The van der Waals surface area contributed by atoms with Gasteiger partial charge in [0.05, 0.1) is 16.7 Å². The number of carboxylic acid groups (broad SMARTS) is 1. The molecule has 1 aromatic heterocycles. The molecule has 27 heavy (non-hydrogen) atoms. The van der Waals surface area contributed by atoms with Gasteiger partial charge < -0.3 is 9.52 Å². The zero-order chi connectivity index (χ0) is 19.2. The van der Waals surface area contributed by atoms with Gasteiger partial charge in [0.2, 0.25) is 5.88 Å². The highest BCUT2D eigenvalue weighted by molar-refractivity contribution is 7.93. The van der Waals surface area contributed by atoms with Gasteiger partial charge in [-0.2, -0.15) is 0 Å². The van der Waals surface area contributed by atoms with E-state index in [4.69, 9.17) is 16.0 Å². The summed E-state index contributed by atoms with van der Waals surface area (Å²) in [5, 5.41) is 11.7. The Balaban J connectivity index is 2.00. The Morgan fingerprint density at radius 3 is 2.52 bits per heavy atom. The maximum absolute atomic E-state index is 12.8. The average Bonchev–Trinajstić information content (AvgIpc) is 3.12. The Bertz CT molecular complexity index is 1300. The molecule has 0 unspecified atom stereocenters. The summed E-state index contributed by atoms with van der Waals surface area (Å²) in [4.78, 5) is 11.5. The van der Waals surface area contributed by atoms with Gasteiger partial charge in [0.15, 0.2) is 0 Å². The first-order valence-electron chi connectivity index (χ1n) is 7.81. The first-order chi connectivity index (χ1) is 12.9. The summed E-state index contributed by atoms with van der Waals surface area (Å²) in [6.45, 7) is 0. The molecule has 0 saturated heterocycles. The molecule has 0 radical (unpaired) electrons. The molecule has 8 heteroatoms. The highest BCUT2D eigenvalue weighted by Gasteiger charge is 2.20. The first kappa shape index (κ1) is 17.4. The zero-order valence-electron chi connectivity index (χ0n) is 13.6. The number of halogens is 1. The van der Waals surface area contributed by atoms with Gasteiger partial charge in [0.25, 0.3) is 10.0 Å². The molecule has 0 amide bonds. The molecule has 0 fully saturated rings. The summed E-state index contributed by atoms with van der Waals surface area (Å²) < 4.78 is 33.1. The van der Waals surface area contributed by atoms with Crippen molar-refractivity contribution in [1.29, 1.82) is 0 Å². The molecule has 6 nitrogen and oxygen atoms in total. The van der Waals surface area contributed by atoms with Crippen LogP contribution in [0.15, 0.2) is 70.2 Å². The summed E-state index contributed by atoms with van der Waals surface area (Å²) in [6.07, 6.45) is 1.36. The largest absolute Gasteiger partial charge is 0.478 e. The topological polar surface area (TPSA) is 96.6 Å². The van der Waals surface area contributed by atoms with Crippen LogP contribution >= 0.6 is 11.6 Å². The highest BCUT2D eigenvalue weighted by atomic mass is 35.5. The van der Waals surface area contributed by atoms with Gasteiger partial charge >= 0.3 is 5.97 Å². The number of aromatic carboxylic acids is 1. The molecule has 0 aliphatic carbocycles. The number of sulfonamides is 1. The number of furan rings is 1. The van der Waals surface area contributed by atoms with Gasteiger partial charge in [-0.25, -0.2) is 17.9 Å². The van der Waals surface area contributed by atoms with Gasteiger partial charge in [0, 0.05) is 21.9 Å². The predicted molar refractivity (Wildman–Crippen MR) is 103 cm³/mol. The van der Waals surface area contributed by atoms with Crippen LogP contribution in [0.3, 0.4) is 0 Å². The molecule has 0 saturated carbocycles. The van der Waals surface area contributed by atoms with E-state index in [1.54, 1.807) is 30.3 Å². The molecule has 2 N–H and O–H groups in total. The summed E-state index contributed by atoms with van der Waals surface area (Å²) in [7, 11) is -3.92. The quantitative estimate of drug-likeness (QED) is 0.481. The van der Waals surface area contributed by atoms with Gasteiger partial charge in [0.1, 0.15) is 0 Å². The Morgan fingerprint density at radius 2 is 1.81 bits per heavy atom. The highest BCUT2D eigenvalue weighted by Crippen LogP contribution is 2.34. The number of anilines is 1. The zero-order valence-corrected chi connectivity index (χ0v) is 15.2. The molecule has 0 bridgehead atoms. The third-order valence-corrected chi connectivity index (χ3v) is 5.93. The minimum absolute atomic E-state index is 0.0371. The standard InChI is InChI=1S/C19H12ClNO5S/c20-16-7-6-12(19(22)23)14-9-11-3-1-4-17(13(11)10-15(14)16)27(24,25)21-18-5-2-8-26-18/h1-10,21H,(H,22,23). The van der Waals surface area contributed by atoms with E-state index < -0.39 is 16.0 Å². The second-order valence-electron chi connectivity index (χ2n) is 5.86. The van der Waals surface area contributed by atoms with Crippen LogP contribution in [-0.4, -0.2) is 19.5 Å². The number of hydrogen-bond donors (Lipinski definition) is 2. The molecule has 4 rings (SSSR count). The molecule has 0 spiro atoms. The van der Waals surface area contributed by atoms with E-state index in [2.05, 4.69) is 4.72 Å². The van der Waals surface area contributed by atoms with E-state index >= 15 is 0 Å². The average molecular weight is 402 g/mol. The van der Waals surface area contributed by atoms with E-state index in [1.807, 2.05) is 0 Å². The van der Waals surface area contributed by atoms with Crippen LogP contribution in [0.2, 0.25) is 5.02 Å². The smallest absolute Gasteiger partial charge is 0.336 e. The van der Waals surface area contributed by atoms with E-state index in [-0.39, 0.29) is 16.3 Å². The molecule has 0 aliphatic heterocycles. The van der Waals surface area contributed by atoms with Crippen LogP contribution in [0.25, 0.3) is 21.5 Å². The minimum Gasteiger partial charge on any atom is -0.478 e. The van der Waals surface area contributed by atoms with Crippen molar-refractivity contribution in [3.05, 3.63) is 71.4 Å². The van der Waals surface area contributed by atoms with Gasteiger partial charge in [-0.15, -0.1) is 0 Å². The number of rotatable bonds is 4. The van der Waals surface area contributed by atoms with E-state index in [1.165, 1.54) is 30.5 Å². The molecule has 4 aromatic rings. The lowest BCUT2D eigenvalue weighted by Gasteiger charge is -2.11. The molecular weight excluding hydrogens is 390 g/mol. The summed E-state index contributed by atoms with van der Waals surface area (Å²) in [5.41, 5.74) is 0.0956. The van der Waals surface area contributed by atoms with Crippen molar-refractivity contribution in [2.75, 3.05) is 4.72 Å². The van der Waals surface area contributed by atoms with E-state index in [0.717, 1.165) is 0 Å². The fourth-order valence-corrected chi connectivity index (χ4v) is 4.43. The number of fused-ring (bicyclic) bond motifs is 2. The van der Waals surface area contributed by atoms with Gasteiger partial charge in [-0.05, 0) is 47.2 Å².